The van der Waals surface area contributed by atoms with Crippen molar-refractivity contribution in [3.63, 3.8) is 0 Å². The zero-order valence-electron chi connectivity index (χ0n) is 8.61. The number of thioether (sulfide) groups is 1. The van der Waals surface area contributed by atoms with Gasteiger partial charge in [-0.2, -0.15) is 0 Å². The highest BCUT2D eigenvalue weighted by atomic mass is 32.2. The van der Waals surface area contributed by atoms with Gasteiger partial charge in [0, 0.05) is 17.5 Å². The van der Waals surface area contributed by atoms with Gasteiger partial charge >= 0.3 is 0 Å². The fourth-order valence-electron chi connectivity index (χ4n) is 2.36. The predicted octanol–water partition coefficient (Wildman–Crippen LogP) is 2.21. The highest BCUT2D eigenvalue weighted by molar-refractivity contribution is 7.99. The minimum atomic E-state index is 0.268. The van der Waals surface area contributed by atoms with Gasteiger partial charge in [-0.1, -0.05) is 18.2 Å². The molecule has 2 nitrogen and oxygen atoms in total. The molecule has 2 unspecified atom stereocenters. The van der Waals surface area contributed by atoms with Gasteiger partial charge in [0.15, 0.2) is 0 Å². The Balaban J connectivity index is 1.99. The second kappa shape index (κ2) is 4.16. The van der Waals surface area contributed by atoms with Crippen LogP contribution in [0.1, 0.15) is 18.1 Å². The van der Waals surface area contributed by atoms with Crippen molar-refractivity contribution in [2.75, 3.05) is 18.9 Å². The lowest BCUT2D eigenvalue weighted by Gasteiger charge is -2.32. The summed E-state index contributed by atoms with van der Waals surface area (Å²) in [7, 11) is 0. The van der Waals surface area contributed by atoms with Gasteiger partial charge in [0.2, 0.25) is 0 Å². The lowest BCUT2D eigenvalue weighted by Crippen LogP contribution is -2.43. The first kappa shape index (κ1) is 9.70. The maximum atomic E-state index is 5.91. The highest BCUT2D eigenvalue weighted by Crippen LogP contribution is 2.37. The van der Waals surface area contributed by atoms with E-state index in [0.717, 1.165) is 13.2 Å². The van der Waals surface area contributed by atoms with Crippen molar-refractivity contribution >= 4 is 11.8 Å². The number of fused-ring (bicyclic) bond motifs is 3. The van der Waals surface area contributed by atoms with Crippen LogP contribution in [-0.2, 0) is 4.74 Å². The summed E-state index contributed by atoms with van der Waals surface area (Å²) in [5, 5.41) is 3.56. The highest BCUT2D eigenvalue weighted by Gasteiger charge is 2.30. The predicted molar refractivity (Wildman–Crippen MR) is 62.3 cm³/mol. The van der Waals surface area contributed by atoms with Crippen LogP contribution in [0.25, 0.3) is 0 Å². The van der Waals surface area contributed by atoms with Crippen LogP contribution in [0.4, 0.5) is 0 Å². The van der Waals surface area contributed by atoms with Crippen LogP contribution in [0.3, 0.4) is 0 Å². The summed E-state index contributed by atoms with van der Waals surface area (Å²) in [6.45, 7) is 1.83. The van der Waals surface area contributed by atoms with Gasteiger partial charge in [-0.05, 0) is 23.8 Å². The largest absolute Gasteiger partial charge is 0.371 e. The minimum Gasteiger partial charge on any atom is -0.371 e. The SMILES string of the molecule is c1ccc2c(c1)SCCC1NCCOC21. The average Bonchev–Trinajstić information content (AvgIpc) is 2.48. The number of benzene rings is 1. The molecule has 80 valence electrons. The molecule has 3 rings (SSSR count). The van der Waals surface area contributed by atoms with E-state index in [0.29, 0.717) is 6.04 Å². The minimum absolute atomic E-state index is 0.268. The summed E-state index contributed by atoms with van der Waals surface area (Å²) in [5.74, 6) is 1.19. The Kier molecular flexibility index (Phi) is 2.69. The number of hydrogen-bond acceptors (Lipinski definition) is 3. The van der Waals surface area contributed by atoms with Crippen molar-refractivity contribution in [2.24, 2.45) is 0 Å². The molecule has 1 aromatic rings. The molecular weight excluding hydrogens is 206 g/mol. The van der Waals surface area contributed by atoms with Gasteiger partial charge in [-0.15, -0.1) is 11.8 Å². The van der Waals surface area contributed by atoms with Crippen LogP contribution in [-0.4, -0.2) is 24.9 Å². The van der Waals surface area contributed by atoms with Crippen molar-refractivity contribution in [3.8, 4) is 0 Å². The van der Waals surface area contributed by atoms with Crippen LogP contribution in [0.5, 0.6) is 0 Å². The Morgan fingerprint density at radius 2 is 2.27 bits per heavy atom. The molecule has 0 aliphatic carbocycles. The number of ether oxygens (including phenoxy) is 1. The van der Waals surface area contributed by atoms with E-state index in [1.54, 1.807) is 0 Å². The normalized spacial score (nSPS) is 30.1. The van der Waals surface area contributed by atoms with E-state index < -0.39 is 0 Å². The molecule has 0 aromatic heterocycles. The third-order valence-corrected chi connectivity index (χ3v) is 4.21. The number of hydrogen-bond donors (Lipinski definition) is 1. The summed E-state index contributed by atoms with van der Waals surface area (Å²) in [6, 6.07) is 9.15. The van der Waals surface area contributed by atoms with Crippen molar-refractivity contribution < 1.29 is 4.74 Å². The molecule has 15 heavy (non-hydrogen) atoms. The summed E-state index contributed by atoms with van der Waals surface area (Å²) >= 11 is 1.96. The molecule has 2 atom stereocenters. The second-order valence-corrected chi connectivity index (χ2v) is 5.16. The van der Waals surface area contributed by atoms with Gasteiger partial charge in [0.05, 0.1) is 12.7 Å². The lowest BCUT2D eigenvalue weighted by molar-refractivity contribution is -0.00693. The molecule has 0 radical (unpaired) electrons. The molecule has 0 spiro atoms. The molecule has 1 N–H and O–H groups in total. The summed E-state index contributed by atoms with van der Waals surface area (Å²) < 4.78 is 5.91. The summed E-state index contributed by atoms with van der Waals surface area (Å²) in [4.78, 5) is 1.40. The lowest BCUT2D eigenvalue weighted by atomic mass is 9.99. The Hall–Kier alpha value is -0.510. The van der Waals surface area contributed by atoms with Crippen LogP contribution in [0, 0.1) is 0 Å². The van der Waals surface area contributed by atoms with E-state index in [-0.39, 0.29) is 6.10 Å². The molecule has 0 amide bonds. The van der Waals surface area contributed by atoms with E-state index >= 15 is 0 Å². The molecule has 1 fully saturated rings. The first-order valence-corrected chi connectivity index (χ1v) is 6.50. The Labute approximate surface area is 94.4 Å². The molecule has 3 heteroatoms. The van der Waals surface area contributed by atoms with Gasteiger partial charge in [0.25, 0.3) is 0 Å². The number of rotatable bonds is 0. The smallest absolute Gasteiger partial charge is 0.0989 e. The Morgan fingerprint density at radius 3 is 3.27 bits per heavy atom. The molecule has 1 saturated heterocycles. The monoisotopic (exact) mass is 221 g/mol. The first-order chi connectivity index (χ1) is 7.45. The first-order valence-electron chi connectivity index (χ1n) is 5.52. The molecule has 2 heterocycles. The van der Waals surface area contributed by atoms with E-state index in [1.165, 1.54) is 22.6 Å². The van der Waals surface area contributed by atoms with Crippen LogP contribution >= 0.6 is 11.8 Å². The van der Waals surface area contributed by atoms with Crippen molar-refractivity contribution in [2.45, 2.75) is 23.5 Å². The standard InChI is InChI=1S/C12H15NOS/c1-2-4-11-9(3-1)12-10(5-8-15-11)13-6-7-14-12/h1-4,10,12-13H,5-8H2. The number of morpholine rings is 1. The van der Waals surface area contributed by atoms with E-state index in [9.17, 15) is 0 Å². The van der Waals surface area contributed by atoms with Gasteiger partial charge in [0.1, 0.15) is 0 Å². The second-order valence-electron chi connectivity index (χ2n) is 4.03. The Bertz CT molecular complexity index is 355. The quantitative estimate of drug-likeness (QED) is 0.726. The molecule has 0 bridgehead atoms. The third kappa shape index (κ3) is 1.80. The maximum Gasteiger partial charge on any atom is 0.0989 e. The molecular formula is C12H15NOS. The fraction of sp³-hybridized carbons (Fsp3) is 0.500. The fourth-order valence-corrected chi connectivity index (χ4v) is 3.47. The zero-order valence-corrected chi connectivity index (χ0v) is 9.43. The van der Waals surface area contributed by atoms with Crippen LogP contribution < -0.4 is 5.32 Å². The van der Waals surface area contributed by atoms with Gasteiger partial charge in [-0.25, -0.2) is 0 Å². The molecule has 0 saturated carbocycles. The van der Waals surface area contributed by atoms with E-state index in [4.69, 9.17) is 4.74 Å². The van der Waals surface area contributed by atoms with Gasteiger partial charge in [-0.3, -0.25) is 0 Å². The van der Waals surface area contributed by atoms with Gasteiger partial charge < -0.3 is 10.1 Å². The van der Waals surface area contributed by atoms with E-state index in [1.807, 2.05) is 11.8 Å². The van der Waals surface area contributed by atoms with E-state index in [2.05, 4.69) is 29.6 Å². The van der Waals surface area contributed by atoms with Crippen LogP contribution in [0.15, 0.2) is 29.2 Å². The Morgan fingerprint density at radius 1 is 1.33 bits per heavy atom. The summed E-state index contributed by atoms with van der Waals surface area (Å²) in [5.41, 5.74) is 1.37. The maximum absolute atomic E-state index is 5.91. The zero-order chi connectivity index (χ0) is 10.1. The van der Waals surface area contributed by atoms with Crippen LogP contribution in [0.2, 0.25) is 0 Å². The van der Waals surface area contributed by atoms with Crippen molar-refractivity contribution in [1.29, 1.82) is 0 Å². The number of nitrogens with one attached hydrogen (secondary N) is 1. The topological polar surface area (TPSA) is 21.3 Å². The molecule has 1 aromatic carbocycles. The van der Waals surface area contributed by atoms with Crippen molar-refractivity contribution in [3.05, 3.63) is 29.8 Å². The average molecular weight is 221 g/mol. The van der Waals surface area contributed by atoms with Crippen molar-refractivity contribution in [1.82, 2.24) is 5.32 Å². The third-order valence-electron chi connectivity index (χ3n) is 3.08. The molecule has 2 aliphatic heterocycles. The summed E-state index contributed by atoms with van der Waals surface area (Å²) in [6.07, 6.45) is 1.47. The molecule has 2 aliphatic rings.